The SMILES string of the molecule is Cn1nc(C2CCCN2)cc1-c1ccc(F)c(F)c1. The molecule has 1 saturated heterocycles. The van der Waals surface area contributed by atoms with Crippen LogP contribution < -0.4 is 5.32 Å². The molecule has 0 radical (unpaired) electrons. The summed E-state index contributed by atoms with van der Waals surface area (Å²) in [6.07, 6.45) is 2.20. The van der Waals surface area contributed by atoms with Crippen molar-refractivity contribution in [3.63, 3.8) is 0 Å². The molecular weight excluding hydrogens is 248 g/mol. The molecule has 0 bridgehead atoms. The van der Waals surface area contributed by atoms with E-state index in [4.69, 9.17) is 0 Å². The molecule has 1 aromatic carbocycles. The van der Waals surface area contributed by atoms with Crippen LogP contribution in [-0.2, 0) is 7.05 Å². The fourth-order valence-electron chi connectivity index (χ4n) is 2.52. The van der Waals surface area contributed by atoms with Gasteiger partial charge in [0, 0.05) is 12.6 Å². The fraction of sp³-hybridized carbons (Fsp3) is 0.357. The predicted octanol–water partition coefficient (Wildman–Crippen LogP) is 2.79. The molecule has 3 nitrogen and oxygen atoms in total. The number of hydrogen-bond acceptors (Lipinski definition) is 2. The molecule has 0 amide bonds. The zero-order valence-corrected chi connectivity index (χ0v) is 10.7. The number of aryl methyl sites for hydroxylation is 1. The molecule has 1 aliphatic heterocycles. The zero-order valence-electron chi connectivity index (χ0n) is 10.7. The molecule has 1 atom stereocenters. The van der Waals surface area contributed by atoms with Gasteiger partial charge in [-0.25, -0.2) is 8.78 Å². The fourth-order valence-corrected chi connectivity index (χ4v) is 2.52. The molecule has 1 aliphatic rings. The van der Waals surface area contributed by atoms with E-state index in [1.165, 1.54) is 6.07 Å². The standard InChI is InChI=1S/C14H15F2N3/c1-19-14(9-4-5-10(15)11(16)7-9)8-13(18-19)12-3-2-6-17-12/h4-5,7-8,12,17H,2-3,6H2,1H3. The third-order valence-corrected chi connectivity index (χ3v) is 3.53. The van der Waals surface area contributed by atoms with Gasteiger partial charge in [0.2, 0.25) is 0 Å². The first kappa shape index (κ1) is 12.3. The average molecular weight is 263 g/mol. The highest BCUT2D eigenvalue weighted by atomic mass is 19.2. The molecular formula is C14H15F2N3. The minimum atomic E-state index is -0.834. The van der Waals surface area contributed by atoms with E-state index in [1.807, 2.05) is 13.1 Å². The summed E-state index contributed by atoms with van der Waals surface area (Å²) >= 11 is 0. The van der Waals surface area contributed by atoms with Crippen LogP contribution in [0.2, 0.25) is 0 Å². The summed E-state index contributed by atoms with van der Waals surface area (Å²) in [5.74, 6) is -1.66. The lowest BCUT2D eigenvalue weighted by molar-refractivity contribution is 0.509. The third kappa shape index (κ3) is 2.26. The maximum Gasteiger partial charge on any atom is 0.159 e. The van der Waals surface area contributed by atoms with Gasteiger partial charge < -0.3 is 5.32 Å². The summed E-state index contributed by atoms with van der Waals surface area (Å²) in [5, 5.41) is 7.83. The molecule has 5 heteroatoms. The van der Waals surface area contributed by atoms with Crippen LogP contribution in [-0.4, -0.2) is 16.3 Å². The number of halogens is 2. The van der Waals surface area contributed by atoms with Crippen LogP contribution in [0.25, 0.3) is 11.3 Å². The number of rotatable bonds is 2. The smallest absolute Gasteiger partial charge is 0.159 e. The maximum atomic E-state index is 13.3. The maximum absolute atomic E-state index is 13.3. The van der Waals surface area contributed by atoms with Crippen LogP contribution in [0.1, 0.15) is 24.6 Å². The molecule has 0 saturated carbocycles. The van der Waals surface area contributed by atoms with E-state index in [9.17, 15) is 8.78 Å². The van der Waals surface area contributed by atoms with Gasteiger partial charge in [-0.05, 0) is 43.7 Å². The van der Waals surface area contributed by atoms with Crippen molar-refractivity contribution in [3.05, 3.63) is 41.6 Å². The van der Waals surface area contributed by atoms with Crippen molar-refractivity contribution in [2.75, 3.05) is 6.54 Å². The van der Waals surface area contributed by atoms with E-state index in [1.54, 1.807) is 10.7 Å². The van der Waals surface area contributed by atoms with E-state index in [0.717, 1.165) is 36.8 Å². The van der Waals surface area contributed by atoms with Gasteiger partial charge in [-0.1, -0.05) is 0 Å². The molecule has 100 valence electrons. The Hall–Kier alpha value is -1.75. The molecule has 2 aromatic rings. The van der Waals surface area contributed by atoms with Gasteiger partial charge in [-0.3, -0.25) is 4.68 Å². The second-order valence-electron chi connectivity index (χ2n) is 4.86. The summed E-state index contributed by atoms with van der Waals surface area (Å²) in [7, 11) is 1.81. The largest absolute Gasteiger partial charge is 0.309 e. The van der Waals surface area contributed by atoms with Crippen molar-refractivity contribution in [1.82, 2.24) is 15.1 Å². The van der Waals surface area contributed by atoms with Gasteiger partial charge in [-0.2, -0.15) is 5.10 Å². The van der Waals surface area contributed by atoms with Crippen LogP contribution >= 0.6 is 0 Å². The van der Waals surface area contributed by atoms with E-state index >= 15 is 0 Å². The number of nitrogens with zero attached hydrogens (tertiary/aromatic N) is 2. The minimum Gasteiger partial charge on any atom is -0.309 e. The Balaban J connectivity index is 1.97. The molecule has 1 unspecified atom stereocenters. The topological polar surface area (TPSA) is 29.9 Å². The van der Waals surface area contributed by atoms with E-state index in [-0.39, 0.29) is 6.04 Å². The Morgan fingerprint density at radius 2 is 2.11 bits per heavy atom. The second-order valence-corrected chi connectivity index (χ2v) is 4.86. The highest BCUT2D eigenvalue weighted by molar-refractivity contribution is 5.60. The van der Waals surface area contributed by atoms with Crippen LogP contribution in [0.5, 0.6) is 0 Å². The number of nitrogens with one attached hydrogen (secondary N) is 1. The Labute approximate surface area is 110 Å². The summed E-state index contributed by atoms with van der Waals surface area (Å²) in [6, 6.07) is 6.13. The minimum absolute atomic E-state index is 0.269. The van der Waals surface area contributed by atoms with Crippen molar-refractivity contribution >= 4 is 0 Å². The lowest BCUT2D eigenvalue weighted by atomic mass is 10.1. The van der Waals surface area contributed by atoms with Gasteiger partial charge >= 0.3 is 0 Å². The van der Waals surface area contributed by atoms with Crippen molar-refractivity contribution in [2.24, 2.45) is 7.05 Å². The molecule has 19 heavy (non-hydrogen) atoms. The first-order chi connectivity index (χ1) is 9.15. The Morgan fingerprint density at radius 1 is 1.26 bits per heavy atom. The monoisotopic (exact) mass is 263 g/mol. The highest BCUT2D eigenvalue weighted by Gasteiger charge is 2.20. The molecule has 3 rings (SSSR count). The first-order valence-electron chi connectivity index (χ1n) is 6.38. The Bertz CT molecular complexity index is 601. The summed E-state index contributed by atoms with van der Waals surface area (Å²) in [4.78, 5) is 0. The Kier molecular flexibility index (Phi) is 3.06. The van der Waals surface area contributed by atoms with Gasteiger partial charge in [0.15, 0.2) is 11.6 Å². The van der Waals surface area contributed by atoms with Crippen molar-refractivity contribution in [1.29, 1.82) is 0 Å². The number of hydrogen-bond donors (Lipinski definition) is 1. The Morgan fingerprint density at radius 3 is 2.79 bits per heavy atom. The van der Waals surface area contributed by atoms with Crippen molar-refractivity contribution in [3.8, 4) is 11.3 Å². The molecule has 0 spiro atoms. The van der Waals surface area contributed by atoms with Crippen LogP contribution in [0.3, 0.4) is 0 Å². The van der Waals surface area contributed by atoms with Crippen molar-refractivity contribution in [2.45, 2.75) is 18.9 Å². The molecule has 2 heterocycles. The van der Waals surface area contributed by atoms with Gasteiger partial charge in [0.05, 0.1) is 17.4 Å². The van der Waals surface area contributed by atoms with E-state index < -0.39 is 11.6 Å². The molecule has 1 N–H and O–H groups in total. The van der Waals surface area contributed by atoms with Crippen LogP contribution in [0, 0.1) is 11.6 Å². The molecule has 0 aliphatic carbocycles. The molecule has 1 aromatic heterocycles. The predicted molar refractivity (Wildman–Crippen MR) is 68.5 cm³/mol. The zero-order chi connectivity index (χ0) is 13.4. The van der Waals surface area contributed by atoms with E-state index in [0.29, 0.717) is 5.56 Å². The number of aromatic nitrogens is 2. The highest BCUT2D eigenvalue weighted by Crippen LogP contribution is 2.27. The van der Waals surface area contributed by atoms with Crippen LogP contribution in [0.4, 0.5) is 8.78 Å². The van der Waals surface area contributed by atoms with Gasteiger partial charge in [-0.15, -0.1) is 0 Å². The summed E-state index contributed by atoms with van der Waals surface area (Å²) in [5.41, 5.74) is 2.39. The van der Waals surface area contributed by atoms with E-state index in [2.05, 4.69) is 10.4 Å². The average Bonchev–Trinajstić information content (AvgIpc) is 3.01. The second kappa shape index (κ2) is 4.74. The lowest BCUT2D eigenvalue weighted by Crippen LogP contribution is -2.13. The van der Waals surface area contributed by atoms with Gasteiger partial charge in [0.25, 0.3) is 0 Å². The normalized spacial score (nSPS) is 19.0. The van der Waals surface area contributed by atoms with Crippen LogP contribution in [0.15, 0.2) is 24.3 Å². The van der Waals surface area contributed by atoms with Gasteiger partial charge in [0.1, 0.15) is 0 Å². The van der Waals surface area contributed by atoms with Crippen molar-refractivity contribution < 1.29 is 8.78 Å². The summed E-state index contributed by atoms with van der Waals surface area (Å²) in [6.45, 7) is 1.00. The summed E-state index contributed by atoms with van der Waals surface area (Å²) < 4.78 is 28.0. The number of benzene rings is 1. The molecule has 1 fully saturated rings. The lowest BCUT2D eigenvalue weighted by Gasteiger charge is -2.04. The third-order valence-electron chi connectivity index (χ3n) is 3.53. The quantitative estimate of drug-likeness (QED) is 0.903. The first-order valence-corrected chi connectivity index (χ1v) is 6.38.